The number of hydrogen-bond donors (Lipinski definition) is 2. The standard InChI is InChI=1S/C26H31ClN6O4/c1-28-23(34)16-37-22-12-18-11-19(5-6-21(18)33(25(22)35)10-7-17-14-36-15-17)30-24-20(27)13-29-26(31-24)32-8-3-2-4-9-32/h5-6,11-13,17H,2-4,7-10,14-16H2,1H3,(H,28,34)(H,29,30,31). The highest BCUT2D eigenvalue weighted by Crippen LogP contribution is 2.29. The van der Waals surface area contributed by atoms with E-state index in [-0.39, 0.29) is 23.8 Å². The van der Waals surface area contributed by atoms with Gasteiger partial charge in [-0.05, 0) is 49.9 Å². The van der Waals surface area contributed by atoms with Crippen LogP contribution < -0.4 is 25.8 Å². The van der Waals surface area contributed by atoms with Crippen molar-refractivity contribution in [2.75, 3.05) is 50.2 Å². The van der Waals surface area contributed by atoms with Gasteiger partial charge in [0.2, 0.25) is 5.95 Å². The Morgan fingerprint density at radius 1 is 1.22 bits per heavy atom. The summed E-state index contributed by atoms with van der Waals surface area (Å²) in [4.78, 5) is 36.2. The second-order valence-corrected chi connectivity index (χ2v) is 9.84. The van der Waals surface area contributed by atoms with Crippen LogP contribution >= 0.6 is 11.6 Å². The van der Waals surface area contributed by atoms with Crippen molar-refractivity contribution in [1.29, 1.82) is 0 Å². The number of halogens is 1. The first-order valence-electron chi connectivity index (χ1n) is 12.6. The molecule has 3 aromatic rings. The number of aromatic nitrogens is 3. The van der Waals surface area contributed by atoms with Gasteiger partial charge in [-0.15, -0.1) is 0 Å². The maximum atomic E-state index is 13.2. The molecule has 10 nitrogen and oxygen atoms in total. The van der Waals surface area contributed by atoms with Crippen LogP contribution in [0, 0.1) is 5.92 Å². The lowest BCUT2D eigenvalue weighted by atomic mass is 10.0. The minimum atomic E-state index is -0.309. The molecule has 2 N–H and O–H groups in total. The van der Waals surface area contributed by atoms with Crippen LogP contribution in [-0.4, -0.2) is 60.4 Å². The first kappa shape index (κ1) is 25.3. The summed E-state index contributed by atoms with van der Waals surface area (Å²) in [6.45, 7) is 3.59. The Labute approximate surface area is 219 Å². The summed E-state index contributed by atoms with van der Waals surface area (Å²) in [6.07, 6.45) is 5.91. The van der Waals surface area contributed by atoms with Crippen molar-refractivity contribution in [2.45, 2.75) is 32.2 Å². The van der Waals surface area contributed by atoms with E-state index in [1.807, 2.05) is 18.2 Å². The van der Waals surface area contributed by atoms with Gasteiger partial charge < -0.3 is 29.6 Å². The molecule has 0 radical (unpaired) electrons. The average molecular weight is 527 g/mol. The third-order valence-electron chi connectivity index (χ3n) is 6.80. The SMILES string of the molecule is CNC(=O)COc1cc2cc(Nc3nc(N4CCCCC4)ncc3Cl)ccc2n(CCC2COC2)c1=O. The molecule has 2 aromatic heterocycles. The molecule has 2 fully saturated rings. The molecule has 4 heterocycles. The third-order valence-corrected chi connectivity index (χ3v) is 7.08. The highest BCUT2D eigenvalue weighted by molar-refractivity contribution is 6.32. The number of pyridine rings is 1. The number of carbonyl (C=O) groups excluding carboxylic acids is 1. The van der Waals surface area contributed by atoms with E-state index in [2.05, 4.69) is 25.5 Å². The van der Waals surface area contributed by atoms with E-state index in [4.69, 9.17) is 21.1 Å². The Morgan fingerprint density at radius 2 is 2.03 bits per heavy atom. The summed E-state index contributed by atoms with van der Waals surface area (Å²) < 4.78 is 12.6. The molecule has 1 aromatic carbocycles. The lowest BCUT2D eigenvalue weighted by Crippen LogP contribution is -2.31. The number of hydrogen-bond acceptors (Lipinski definition) is 8. The number of fused-ring (bicyclic) bond motifs is 1. The van der Waals surface area contributed by atoms with Crippen molar-refractivity contribution >= 4 is 45.9 Å². The monoisotopic (exact) mass is 526 g/mol. The first-order valence-corrected chi connectivity index (χ1v) is 13.0. The maximum Gasteiger partial charge on any atom is 0.293 e. The second-order valence-electron chi connectivity index (χ2n) is 9.43. The Balaban J connectivity index is 1.45. The highest BCUT2D eigenvalue weighted by atomic mass is 35.5. The Kier molecular flexibility index (Phi) is 7.76. The number of ether oxygens (including phenoxy) is 2. The van der Waals surface area contributed by atoms with Gasteiger partial charge in [0, 0.05) is 43.7 Å². The molecule has 0 saturated carbocycles. The van der Waals surface area contributed by atoms with E-state index < -0.39 is 0 Å². The topological polar surface area (TPSA) is 111 Å². The van der Waals surface area contributed by atoms with Crippen LogP contribution in [0.3, 0.4) is 0 Å². The molecule has 2 saturated heterocycles. The molecule has 0 atom stereocenters. The normalized spacial score (nSPS) is 15.9. The van der Waals surface area contributed by atoms with Gasteiger partial charge in [-0.25, -0.2) is 4.98 Å². The van der Waals surface area contributed by atoms with E-state index in [0.717, 1.165) is 48.9 Å². The molecule has 2 aliphatic heterocycles. The quantitative estimate of drug-likeness (QED) is 0.437. The van der Waals surface area contributed by atoms with Gasteiger partial charge >= 0.3 is 0 Å². The zero-order valence-electron chi connectivity index (χ0n) is 20.8. The van der Waals surface area contributed by atoms with Crippen LogP contribution in [0.25, 0.3) is 10.9 Å². The number of aryl methyl sites for hydroxylation is 1. The Hall–Kier alpha value is -3.37. The molecule has 196 valence electrons. The molecule has 0 bridgehead atoms. The van der Waals surface area contributed by atoms with E-state index in [1.54, 1.807) is 16.8 Å². The number of rotatable bonds is 9. The minimum absolute atomic E-state index is 0.130. The molecule has 1 amide bonds. The second kappa shape index (κ2) is 11.4. The van der Waals surface area contributed by atoms with Crippen molar-refractivity contribution in [3.05, 3.63) is 45.8 Å². The highest BCUT2D eigenvalue weighted by Gasteiger charge is 2.20. The Bertz CT molecular complexity index is 1340. The predicted octanol–water partition coefficient (Wildman–Crippen LogP) is 3.34. The smallest absolute Gasteiger partial charge is 0.293 e. The molecule has 2 aliphatic rings. The fourth-order valence-electron chi connectivity index (χ4n) is 4.57. The van der Waals surface area contributed by atoms with Crippen molar-refractivity contribution < 1.29 is 14.3 Å². The number of nitrogens with one attached hydrogen (secondary N) is 2. The van der Waals surface area contributed by atoms with Gasteiger partial charge in [0.25, 0.3) is 11.5 Å². The van der Waals surface area contributed by atoms with Crippen molar-refractivity contribution in [3.63, 3.8) is 0 Å². The Morgan fingerprint density at radius 3 is 2.76 bits per heavy atom. The van der Waals surface area contributed by atoms with Gasteiger partial charge in [0.15, 0.2) is 18.2 Å². The number of piperidine rings is 1. The summed E-state index contributed by atoms with van der Waals surface area (Å²) in [5, 5.41) is 7.03. The number of benzene rings is 1. The predicted molar refractivity (Wildman–Crippen MR) is 143 cm³/mol. The van der Waals surface area contributed by atoms with Crippen LogP contribution in [0.15, 0.2) is 35.3 Å². The summed E-state index contributed by atoms with van der Waals surface area (Å²) >= 11 is 6.43. The van der Waals surface area contributed by atoms with Crippen LogP contribution in [0.5, 0.6) is 5.75 Å². The van der Waals surface area contributed by atoms with Crippen LogP contribution in [0.1, 0.15) is 25.7 Å². The van der Waals surface area contributed by atoms with Gasteiger partial charge in [-0.2, -0.15) is 4.98 Å². The van der Waals surface area contributed by atoms with Crippen LogP contribution in [0.2, 0.25) is 5.02 Å². The summed E-state index contributed by atoms with van der Waals surface area (Å²) in [5.74, 6) is 1.44. The van der Waals surface area contributed by atoms with Gasteiger partial charge in [0.1, 0.15) is 5.02 Å². The number of anilines is 3. The fourth-order valence-corrected chi connectivity index (χ4v) is 4.71. The molecule has 0 unspecified atom stereocenters. The zero-order chi connectivity index (χ0) is 25.8. The number of carbonyl (C=O) groups is 1. The molecular weight excluding hydrogens is 496 g/mol. The van der Waals surface area contributed by atoms with Crippen molar-refractivity contribution in [2.24, 2.45) is 5.92 Å². The summed E-state index contributed by atoms with van der Waals surface area (Å²) in [6, 6.07) is 7.40. The van der Waals surface area contributed by atoms with Gasteiger partial charge in [-0.1, -0.05) is 11.6 Å². The molecule has 0 aliphatic carbocycles. The van der Waals surface area contributed by atoms with Crippen LogP contribution in [-0.2, 0) is 16.1 Å². The van der Waals surface area contributed by atoms with Gasteiger partial charge in [-0.3, -0.25) is 9.59 Å². The summed E-state index contributed by atoms with van der Waals surface area (Å²) in [7, 11) is 1.53. The van der Waals surface area contributed by atoms with E-state index in [0.29, 0.717) is 42.5 Å². The molecule has 37 heavy (non-hydrogen) atoms. The zero-order valence-corrected chi connectivity index (χ0v) is 21.6. The van der Waals surface area contributed by atoms with E-state index >= 15 is 0 Å². The minimum Gasteiger partial charge on any atom is -0.478 e. The molecule has 11 heteroatoms. The van der Waals surface area contributed by atoms with Gasteiger partial charge in [0.05, 0.1) is 24.9 Å². The van der Waals surface area contributed by atoms with E-state index in [1.165, 1.54) is 13.5 Å². The molecule has 5 rings (SSSR count). The number of likely N-dealkylation sites (N-methyl/N-ethyl adjacent to an activating group) is 1. The maximum absolute atomic E-state index is 13.2. The molecular formula is C26H31ClN6O4. The largest absolute Gasteiger partial charge is 0.478 e. The van der Waals surface area contributed by atoms with Crippen molar-refractivity contribution in [3.8, 4) is 5.75 Å². The third kappa shape index (κ3) is 5.80. The first-order chi connectivity index (χ1) is 18.0. The molecule has 0 spiro atoms. The summed E-state index contributed by atoms with van der Waals surface area (Å²) in [5.41, 5.74) is 1.28. The van der Waals surface area contributed by atoms with Crippen LogP contribution in [0.4, 0.5) is 17.5 Å². The fraction of sp³-hybridized carbons (Fsp3) is 0.462. The number of nitrogens with zero attached hydrogens (tertiary/aromatic N) is 4. The van der Waals surface area contributed by atoms with E-state index in [9.17, 15) is 9.59 Å². The lowest BCUT2D eigenvalue weighted by Gasteiger charge is -2.27. The average Bonchev–Trinajstić information content (AvgIpc) is 2.89. The number of amides is 1. The van der Waals surface area contributed by atoms with Crippen molar-refractivity contribution in [1.82, 2.24) is 19.9 Å². The lowest BCUT2D eigenvalue weighted by molar-refractivity contribution is -0.122.